The Morgan fingerprint density at radius 1 is 1.48 bits per heavy atom. The van der Waals surface area contributed by atoms with Crippen LogP contribution in [0.3, 0.4) is 0 Å². The topological polar surface area (TPSA) is 32.5 Å². The van der Waals surface area contributed by atoms with Crippen LogP contribution in [0.2, 0.25) is 0 Å². The van der Waals surface area contributed by atoms with Crippen molar-refractivity contribution in [2.45, 2.75) is 45.2 Å². The van der Waals surface area contributed by atoms with Crippen molar-refractivity contribution in [1.29, 1.82) is 0 Å². The number of rotatable bonds is 6. The highest BCUT2D eigenvalue weighted by molar-refractivity contribution is 5.53. The summed E-state index contributed by atoms with van der Waals surface area (Å²) in [6.45, 7) is 7.48. The molecule has 0 bridgehead atoms. The van der Waals surface area contributed by atoms with Gasteiger partial charge in [0.25, 0.3) is 0 Å². The van der Waals surface area contributed by atoms with Crippen LogP contribution in [0, 0.1) is 5.82 Å². The molecule has 2 atom stereocenters. The summed E-state index contributed by atoms with van der Waals surface area (Å²) in [6.07, 6.45) is 3.24. The molecule has 2 N–H and O–H groups in total. The van der Waals surface area contributed by atoms with E-state index < -0.39 is 0 Å². The Hall–Kier alpha value is -1.13. The number of nitrogens with two attached hydrogens (primary N) is 1. The molecule has 1 aromatic carbocycles. The second kappa shape index (κ2) is 7.23. The summed E-state index contributed by atoms with van der Waals surface area (Å²) in [5.41, 5.74) is 8.02. The minimum atomic E-state index is -0.182. The van der Waals surface area contributed by atoms with Gasteiger partial charge >= 0.3 is 0 Å². The predicted molar refractivity (Wildman–Crippen MR) is 87.3 cm³/mol. The highest BCUT2D eigenvalue weighted by atomic mass is 19.1. The van der Waals surface area contributed by atoms with E-state index in [1.54, 1.807) is 12.1 Å². The van der Waals surface area contributed by atoms with Gasteiger partial charge in [-0.1, -0.05) is 6.92 Å². The Kier molecular flexibility index (Phi) is 5.59. The number of nitrogens with zero attached hydrogens (tertiary/aromatic N) is 2. The zero-order chi connectivity index (χ0) is 15.4. The van der Waals surface area contributed by atoms with Crippen molar-refractivity contribution >= 4 is 5.69 Å². The van der Waals surface area contributed by atoms with Crippen molar-refractivity contribution in [1.82, 2.24) is 4.90 Å². The monoisotopic (exact) mass is 293 g/mol. The Labute approximate surface area is 127 Å². The molecule has 0 radical (unpaired) electrons. The molecule has 2 rings (SSSR count). The molecule has 0 aromatic heterocycles. The molecule has 1 aromatic rings. The van der Waals surface area contributed by atoms with E-state index >= 15 is 0 Å². The van der Waals surface area contributed by atoms with Crippen LogP contribution in [0.5, 0.6) is 0 Å². The Morgan fingerprint density at radius 2 is 2.24 bits per heavy atom. The molecular formula is C17H28FN3. The first-order valence-electron chi connectivity index (χ1n) is 8.00. The van der Waals surface area contributed by atoms with Crippen LogP contribution in [0.4, 0.5) is 10.1 Å². The fourth-order valence-electron chi connectivity index (χ4n) is 3.37. The summed E-state index contributed by atoms with van der Waals surface area (Å²) in [4.78, 5) is 4.79. The van der Waals surface area contributed by atoms with Gasteiger partial charge in [0.05, 0.1) is 0 Å². The average Bonchev–Trinajstić information content (AvgIpc) is 2.85. The minimum Gasteiger partial charge on any atom is -0.373 e. The lowest BCUT2D eigenvalue weighted by Gasteiger charge is -2.30. The maximum Gasteiger partial charge on any atom is 0.123 e. The Bertz CT molecular complexity index is 461. The number of hydrogen-bond acceptors (Lipinski definition) is 3. The SMILES string of the molecule is CCN1CCCC1CN(C)c1ccc(F)cc1CC(C)N. The van der Waals surface area contributed by atoms with Crippen LogP contribution in [-0.2, 0) is 6.42 Å². The normalized spacial score (nSPS) is 20.7. The molecule has 3 nitrogen and oxygen atoms in total. The molecular weight excluding hydrogens is 265 g/mol. The molecule has 0 spiro atoms. The fraction of sp³-hybridized carbons (Fsp3) is 0.647. The lowest BCUT2D eigenvalue weighted by Crippen LogP contribution is -2.39. The summed E-state index contributed by atoms with van der Waals surface area (Å²) in [5.74, 6) is -0.182. The summed E-state index contributed by atoms with van der Waals surface area (Å²) in [6, 6.07) is 5.70. The van der Waals surface area contributed by atoms with Crippen LogP contribution in [-0.4, -0.2) is 43.7 Å². The Balaban J connectivity index is 2.12. The van der Waals surface area contributed by atoms with Crippen molar-refractivity contribution in [2.75, 3.05) is 31.6 Å². The largest absolute Gasteiger partial charge is 0.373 e. The zero-order valence-electron chi connectivity index (χ0n) is 13.5. The molecule has 1 aliphatic heterocycles. The second-order valence-corrected chi connectivity index (χ2v) is 6.26. The van der Waals surface area contributed by atoms with E-state index in [9.17, 15) is 4.39 Å². The molecule has 0 saturated carbocycles. The molecule has 1 saturated heterocycles. The van der Waals surface area contributed by atoms with Crippen LogP contribution >= 0.6 is 0 Å². The van der Waals surface area contributed by atoms with Gasteiger partial charge in [-0.15, -0.1) is 0 Å². The van der Waals surface area contributed by atoms with Crippen LogP contribution in [0.25, 0.3) is 0 Å². The maximum absolute atomic E-state index is 13.5. The van der Waals surface area contributed by atoms with Crippen LogP contribution < -0.4 is 10.6 Å². The first kappa shape index (κ1) is 16.2. The lowest BCUT2D eigenvalue weighted by molar-refractivity contribution is 0.270. The van der Waals surface area contributed by atoms with E-state index in [0.717, 1.165) is 24.3 Å². The smallest absolute Gasteiger partial charge is 0.123 e. The number of halogens is 1. The van der Waals surface area contributed by atoms with Gasteiger partial charge in [0.2, 0.25) is 0 Å². The standard InChI is InChI=1S/C17H28FN3/c1-4-21-9-5-6-16(21)12-20(3)17-8-7-15(18)11-14(17)10-13(2)19/h7-8,11,13,16H,4-6,9-10,12,19H2,1-3H3. The van der Waals surface area contributed by atoms with Crippen LogP contribution in [0.1, 0.15) is 32.3 Å². The van der Waals surface area contributed by atoms with Crippen molar-refractivity contribution in [3.05, 3.63) is 29.6 Å². The van der Waals surface area contributed by atoms with Crippen molar-refractivity contribution < 1.29 is 4.39 Å². The summed E-state index contributed by atoms with van der Waals surface area (Å²) >= 11 is 0. The Morgan fingerprint density at radius 3 is 2.90 bits per heavy atom. The van der Waals surface area contributed by atoms with Crippen LogP contribution in [0.15, 0.2) is 18.2 Å². The van der Waals surface area contributed by atoms with Gasteiger partial charge in [-0.05, 0) is 63.0 Å². The van der Waals surface area contributed by atoms with Gasteiger partial charge in [-0.3, -0.25) is 4.90 Å². The van der Waals surface area contributed by atoms with Crippen molar-refractivity contribution in [2.24, 2.45) is 5.73 Å². The van der Waals surface area contributed by atoms with Gasteiger partial charge < -0.3 is 10.6 Å². The van der Waals surface area contributed by atoms with Gasteiger partial charge in [0.15, 0.2) is 0 Å². The quantitative estimate of drug-likeness (QED) is 0.875. The summed E-state index contributed by atoms with van der Waals surface area (Å²) in [5, 5.41) is 0. The van der Waals surface area contributed by atoms with Crippen molar-refractivity contribution in [3.8, 4) is 0 Å². The van der Waals surface area contributed by atoms with E-state index in [0.29, 0.717) is 12.5 Å². The lowest BCUT2D eigenvalue weighted by atomic mass is 10.0. The zero-order valence-corrected chi connectivity index (χ0v) is 13.5. The number of benzene rings is 1. The predicted octanol–water partition coefficient (Wildman–Crippen LogP) is 2.64. The third kappa shape index (κ3) is 4.17. The van der Waals surface area contributed by atoms with Gasteiger partial charge in [0, 0.05) is 31.4 Å². The molecule has 0 amide bonds. The number of likely N-dealkylation sites (tertiary alicyclic amines) is 1. The first-order valence-corrected chi connectivity index (χ1v) is 8.00. The van der Waals surface area contributed by atoms with E-state index in [-0.39, 0.29) is 11.9 Å². The van der Waals surface area contributed by atoms with Gasteiger partial charge in [-0.25, -0.2) is 4.39 Å². The molecule has 1 heterocycles. The molecule has 1 fully saturated rings. The average molecular weight is 293 g/mol. The minimum absolute atomic E-state index is 0.0394. The number of hydrogen-bond donors (Lipinski definition) is 1. The number of anilines is 1. The number of likely N-dealkylation sites (N-methyl/N-ethyl adjacent to an activating group) is 2. The van der Waals surface area contributed by atoms with E-state index in [4.69, 9.17) is 5.73 Å². The van der Waals surface area contributed by atoms with Gasteiger partial charge in [0.1, 0.15) is 5.82 Å². The van der Waals surface area contributed by atoms with E-state index in [2.05, 4.69) is 23.8 Å². The van der Waals surface area contributed by atoms with Crippen molar-refractivity contribution in [3.63, 3.8) is 0 Å². The first-order chi connectivity index (χ1) is 10.0. The molecule has 1 aliphatic rings. The third-order valence-electron chi connectivity index (χ3n) is 4.38. The third-order valence-corrected chi connectivity index (χ3v) is 4.38. The molecule has 21 heavy (non-hydrogen) atoms. The highest BCUT2D eigenvalue weighted by Gasteiger charge is 2.24. The molecule has 2 unspecified atom stereocenters. The fourth-order valence-corrected chi connectivity index (χ4v) is 3.37. The summed E-state index contributed by atoms with van der Waals surface area (Å²) in [7, 11) is 2.10. The van der Waals surface area contributed by atoms with E-state index in [1.807, 2.05) is 13.0 Å². The molecule has 4 heteroatoms. The van der Waals surface area contributed by atoms with E-state index in [1.165, 1.54) is 19.4 Å². The molecule has 0 aliphatic carbocycles. The highest BCUT2D eigenvalue weighted by Crippen LogP contribution is 2.25. The molecule has 118 valence electrons. The summed E-state index contributed by atoms with van der Waals surface area (Å²) < 4.78 is 13.5. The second-order valence-electron chi connectivity index (χ2n) is 6.26. The maximum atomic E-state index is 13.5. The van der Waals surface area contributed by atoms with Gasteiger partial charge in [-0.2, -0.15) is 0 Å².